The third-order valence-corrected chi connectivity index (χ3v) is 6.85. The van der Waals surface area contributed by atoms with Gasteiger partial charge in [-0.15, -0.1) is 0 Å². The topological polar surface area (TPSA) is 129 Å². The molecule has 1 atom stereocenters. The van der Waals surface area contributed by atoms with Crippen molar-refractivity contribution in [1.29, 1.82) is 0 Å². The number of carbonyl (C=O) groups excluding carboxylic acids is 1. The number of allylic oxidation sites excluding steroid dienone is 2. The van der Waals surface area contributed by atoms with E-state index in [0.717, 1.165) is 32.1 Å². The van der Waals surface area contributed by atoms with Gasteiger partial charge >= 0.3 is 5.97 Å². The molecule has 0 rings (SSSR count). The maximum atomic E-state index is 12.2. The molecule has 0 aromatic heterocycles. The lowest BCUT2D eigenvalue weighted by Gasteiger charge is -2.23. The summed E-state index contributed by atoms with van der Waals surface area (Å²) in [5, 5.41) is 18.2. The molecule has 3 N–H and O–H groups in total. The van der Waals surface area contributed by atoms with Gasteiger partial charge in [-0.1, -0.05) is 70.4 Å². The molecule has 0 saturated carbocycles. The summed E-state index contributed by atoms with van der Waals surface area (Å²) < 4.78 is 29.4. The van der Waals surface area contributed by atoms with E-state index >= 15 is 0 Å². The number of carboxylic acids is 1. The Hall–Kier alpha value is -1.25. The first-order valence-corrected chi connectivity index (χ1v) is 12.7. The van der Waals surface area contributed by atoms with Gasteiger partial charge in [-0.25, -0.2) is 4.79 Å². The zero-order valence-corrected chi connectivity index (χ0v) is 19.2. The smallest absolute Gasteiger partial charge is 0.335 e. The fourth-order valence-electron chi connectivity index (χ4n) is 3.46. The number of aliphatic carboxylic acids is 1. The average Bonchev–Trinajstić information content (AvgIpc) is 2.67. The summed E-state index contributed by atoms with van der Waals surface area (Å²) in [5.74, 6) is -3.03. The molecule has 0 aliphatic heterocycles. The molecule has 176 valence electrons. The first kappa shape index (κ1) is 28.8. The molecule has 0 aliphatic rings. The molecule has 1 unspecified atom stereocenters. The first-order chi connectivity index (χ1) is 14.2. The number of hydrogen-bond donors (Lipinski definition) is 3. The van der Waals surface area contributed by atoms with Crippen LogP contribution >= 0.6 is 0 Å². The maximum Gasteiger partial charge on any atom is 0.335 e. The average molecular weight is 449 g/mol. The van der Waals surface area contributed by atoms with Crippen molar-refractivity contribution in [2.45, 2.75) is 108 Å². The van der Waals surface area contributed by atoms with Crippen molar-refractivity contribution in [2.24, 2.45) is 0 Å². The molecule has 7 nitrogen and oxygen atoms in total. The third-order valence-electron chi connectivity index (χ3n) is 5.37. The van der Waals surface area contributed by atoms with Gasteiger partial charge in [-0.3, -0.25) is 9.35 Å². The number of aliphatic hydroxyl groups excluding tert-OH is 1. The Kier molecular flexibility index (Phi) is 15.8. The highest BCUT2D eigenvalue weighted by Gasteiger charge is 2.56. The van der Waals surface area contributed by atoms with E-state index in [4.69, 9.17) is 5.11 Å². The van der Waals surface area contributed by atoms with E-state index in [9.17, 15) is 27.7 Å². The quantitative estimate of drug-likeness (QED) is 0.107. The van der Waals surface area contributed by atoms with Crippen LogP contribution in [0.4, 0.5) is 0 Å². The molecule has 0 amide bonds. The van der Waals surface area contributed by atoms with E-state index in [1.165, 1.54) is 38.5 Å². The fourth-order valence-corrected chi connectivity index (χ4v) is 4.42. The normalized spacial score (nSPS) is 14.1. The number of rotatable bonds is 20. The predicted octanol–water partition coefficient (Wildman–Crippen LogP) is 4.69. The summed E-state index contributed by atoms with van der Waals surface area (Å²) >= 11 is 0. The first-order valence-electron chi connectivity index (χ1n) is 11.2. The molecule has 8 heteroatoms. The van der Waals surface area contributed by atoms with Gasteiger partial charge in [0.05, 0.1) is 0 Å². The van der Waals surface area contributed by atoms with Crippen LogP contribution in [0, 0.1) is 0 Å². The second-order valence-electron chi connectivity index (χ2n) is 7.84. The Labute approximate surface area is 181 Å². The van der Waals surface area contributed by atoms with Gasteiger partial charge in [-0.05, 0) is 32.1 Å². The van der Waals surface area contributed by atoms with Crippen molar-refractivity contribution in [3.8, 4) is 0 Å². The number of carboxylic acid groups (broad SMARTS) is 1. The van der Waals surface area contributed by atoms with Crippen LogP contribution in [-0.2, 0) is 19.7 Å². The lowest BCUT2D eigenvalue weighted by atomic mass is 9.95. The molecule has 0 aromatic carbocycles. The summed E-state index contributed by atoms with van der Waals surface area (Å²) in [5.41, 5.74) is 0. The standard InChI is InChI=1S/C22H40O7S/c1-2-3-4-5-6-7-8-9-10-11-12-13-14-15-16-17-20(24)22(18-19-23,21(25)26)30(27,28)29/h9-10,23H,2-8,11-19H2,1H3,(H,25,26)(H,27,28,29)/b10-9-. The van der Waals surface area contributed by atoms with Gasteiger partial charge in [-0.2, -0.15) is 8.42 Å². The van der Waals surface area contributed by atoms with Crippen molar-refractivity contribution < 1.29 is 32.8 Å². The highest BCUT2D eigenvalue weighted by molar-refractivity contribution is 7.89. The Balaban J connectivity index is 3.98. The van der Waals surface area contributed by atoms with Crippen LogP contribution in [0.2, 0.25) is 0 Å². The van der Waals surface area contributed by atoms with Crippen molar-refractivity contribution in [1.82, 2.24) is 0 Å². The fraction of sp³-hybridized carbons (Fsp3) is 0.818. The number of carbonyl (C=O) groups is 2. The Morgan fingerprint density at radius 3 is 1.73 bits per heavy atom. The highest BCUT2D eigenvalue weighted by Crippen LogP contribution is 2.26. The van der Waals surface area contributed by atoms with Crippen LogP contribution in [0.15, 0.2) is 12.2 Å². The minimum Gasteiger partial charge on any atom is -0.480 e. The largest absolute Gasteiger partial charge is 0.480 e. The van der Waals surface area contributed by atoms with Crippen LogP contribution in [0.5, 0.6) is 0 Å². The van der Waals surface area contributed by atoms with Crippen molar-refractivity contribution in [3.63, 3.8) is 0 Å². The Bertz CT molecular complexity index is 613. The van der Waals surface area contributed by atoms with E-state index in [0.29, 0.717) is 12.8 Å². The lowest BCUT2D eigenvalue weighted by molar-refractivity contribution is -0.145. The molecule has 0 heterocycles. The van der Waals surface area contributed by atoms with Gasteiger partial charge in [0.25, 0.3) is 14.9 Å². The SMILES string of the molecule is CCCCCCCC/C=C\CCCCCCCC(=O)C(CCO)(C(=O)O)S(=O)(=O)O. The van der Waals surface area contributed by atoms with E-state index < -0.39 is 39.6 Å². The number of hydrogen-bond acceptors (Lipinski definition) is 5. The van der Waals surface area contributed by atoms with Gasteiger partial charge in [0.1, 0.15) is 0 Å². The minimum atomic E-state index is -5.17. The van der Waals surface area contributed by atoms with Gasteiger partial charge in [0, 0.05) is 19.4 Å². The molecular weight excluding hydrogens is 408 g/mol. The summed E-state index contributed by atoms with van der Waals surface area (Å²) in [6.07, 6.45) is 17.2. The molecule has 0 bridgehead atoms. The van der Waals surface area contributed by atoms with E-state index in [2.05, 4.69) is 19.1 Å². The van der Waals surface area contributed by atoms with Crippen LogP contribution in [0.3, 0.4) is 0 Å². The summed E-state index contributed by atoms with van der Waals surface area (Å²) in [4.78, 5) is 23.6. The van der Waals surface area contributed by atoms with Crippen molar-refractivity contribution >= 4 is 21.9 Å². The van der Waals surface area contributed by atoms with E-state index in [1.54, 1.807) is 0 Å². The van der Waals surface area contributed by atoms with Crippen LogP contribution in [0.25, 0.3) is 0 Å². The van der Waals surface area contributed by atoms with E-state index in [1.807, 2.05) is 0 Å². The third kappa shape index (κ3) is 10.7. The van der Waals surface area contributed by atoms with Crippen molar-refractivity contribution in [3.05, 3.63) is 12.2 Å². The Morgan fingerprint density at radius 2 is 1.30 bits per heavy atom. The molecular formula is C22H40O7S. The lowest BCUT2D eigenvalue weighted by Crippen LogP contribution is -2.53. The summed E-state index contributed by atoms with van der Waals surface area (Å²) in [7, 11) is -5.17. The molecule has 0 radical (unpaired) electrons. The second-order valence-corrected chi connectivity index (χ2v) is 9.49. The second kappa shape index (κ2) is 16.4. The van der Waals surface area contributed by atoms with Gasteiger partial charge in [0.2, 0.25) is 0 Å². The molecule has 0 aliphatic carbocycles. The molecule has 0 aromatic rings. The number of Topliss-reactive ketones (excluding diaryl/α,β-unsaturated/α-hetero) is 1. The maximum absolute atomic E-state index is 12.2. The van der Waals surface area contributed by atoms with Crippen molar-refractivity contribution in [2.75, 3.05) is 6.61 Å². The minimum absolute atomic E-state index is 0.260. The monoisotopic (exact) mass is 448 g/mol. The molecule has 0 spiro atoms. The van der Waals surface area contributed by atoms with Gasteiger partial charge < -0.3 is 10.2 Å². The number of ketones is 1. The van der Waals surface area contributed by atoms with E-state index in [-0.39, 0.29) is 6.42 Å². The van der Waals surface area contributed by atoms with Crippen LogP contribution < -0.4 is 0 Å². The summed E-state index contributed by atoms with van der Waals surface area (Å²) in [6.45, 7) is 1.39. The van der Waals surface area contributed by atoms with Crippen LogP contribution in [-0.4, -0.2) is 46.3 Å². The number of aliphatic hydroxyl groups is 1. The predicted molar refractivity (Wildman–Crippen MR) is 118 cm³/mol. The zero-order valence-electron chi connectivity index (χ0n) is 18.4. The molecule has 0 fully saturated rings. The zero-order chi connectivity index (χ0) is 22.9. The Morgan fingerprint density at radius 1 is 0.833 bits per heavy atom. The number of unbranched alkanes of at least 4 members (excludes halogenated alkanes) is 11. The summed E-state index contributed by atoms with van der Waals surface area (Å²) in [6, 6.07) is 0. The molecule has 30 heavy (non-hydrogen) atoms. The highest BCUT2D eigenvalue weighted by atomic mass is 32.2. The van der Waals surface area contributed by atoms with Crippen LogP contribution in [0.1, 0.15) is 103 Å². The molecule has 0 saturated heterocycles. The van der Waals surface area contributed by atoms with Gasteiger partial charge in [0.15, 0.2) is 5.78 Å².